The van der Waals surface area contributed by atoms with Crippen molar-refractivity contribution < 1.29 is 28.5 Å². The first-order chi connectivity index (χ1) is 9.27. The lowest BCUT2D eigenvalue weighted by atomic mass is 10.0. The fourth-order valence-corrected chi connectivity index (χ4v) is 2.58. The van der Waals surface area contributed by atoms with Gasteiger partial charge in [0.05, 0.1) is 14.1 Å². The summed E-state index contributed by atoms with van der Waals surface area (Å²) in [5, 5.41) is 0. The molecule has 3 aromatic rings. The summed E-state index contributed by atoms with van der Waals surface area (Å²) >= 11 is 0. The lowest BCUT2D eigenvalue weighted by Crippen LogP contribution is -3.00. The van der Waals surface area contributed by atoms with Crippen LogP contribution in [0.3, 0.4) is 0 Å². The topological polar surface area (TPSA) is 8.81 Å². The van der Waals surface area contributed by atoms with E-state index >= 15 is 0 Å². The third-order valence-electron chi connectivity index (χ3n) is 3.37. The SMILES string of the molecule is Cn1c[n+](C)c(-c2ccccc2)c1-c1ccccc1.[I-]. The van der Waals surface area contributed by atoms with Crippen molar-refractivity contribution in [3.8, 4) is 22.5 Å². The van der Waals surface area contributed by atoms with E-state index in [4.69, 9.17) is 0 Å². The molecule has 0 aliphatic carbocycles. The van der Waals surface area contributed by atoms with Gasteiger partial charge in [-0.2, -0.15) is 0 Å². The molecular weight excluding hydrogens is 359 g/mol. The molecule has 1 aromatic heterocycles. The zero-order chi connectivity index (χ0) is 13.2. The maximum atomic E-state index is 2.18. The molecule has 2 nitrogen and oxygen atoms in total. The first kappa shape index (κ1) is 14.8. The summed E-state index contributed by atoms with van der Waals surface area (Å²) in [7, 11) is 4.18. The van der Waals surface area contributed by atoms with Crippen molar-refractivity contribution in [2.24, 2.45) is 14.1 Å². The van der Waals surface area contributed by atoms with Crippen LogP contribution in [0.4, 0.5) is 0 Å². The second-order valence-corrected chi connectivity index (χ2v) is 4.77. The number of hydrogen-bond acceptors (Lipinski definition) is 0. The Kier molecular flexibility index (Phi) is 4.60. The quantitative estimate of drug-likeness (QED) is 0.446. The van der Waals surface area contributed by atoms with Crippen LogP contribution in [0, 0.1) is 0 Å². The highest BCUT2D eigenvalue weighted by Crippen LogP contribution is 2.28. The largest absolute Gasteiger partial charge is 1.00 e. The number of halogens is 1. The molecule has 0 N–H and O–H groups in total. The first-order valence-electron chi connectivity index (χ1n) is 6.43. The molecule has 3 rings (SSSR count). The monoisotopic (exact) mass is 376 g/mol. The maximum absolute atomic E-state index is 2.18. The lowest BCUT2D eigenvalue weighted by molar-refractivity contribution is -0.660. The first-order valence-corrected chi connectivity index (χ1v) is 6.43. The van der Waals surface area contributed by atoms with E-state index in [9.17, 15) is 0 Å². The number of rotatable bonds is 2. The molecule has 0 saturated heterocycles. The second-order valence-electron chi connectivity index (χ2n) is 4.77. The molecule has 2 aromatic carbocycles. The summed E-state index contributed by atoms with van der Waals surface area (Å²) < 4.78 is 4.36. The van der Waals surface area contributed by atoms with Crippen molar-refractivity contribution in [1.29, 1.82) is 0 Å². The van der Waals surface area contributed by atoms with Crippen LogP contribution in [0.2, 0.25) is 0 Å². The number of imidazole rings is 1. The molecule has 0 radical (unpaired) electrons. The zero-order valence-corrected chi connectivity index (χ0v) is 13.8. The number of benzene rings is 2. The summed E-state index contributed by atoms with van der Waals surface area (Å²) in [6, 6.07) is 21.0. The van der Waals surface area contributed by atoms with Gasteiger partial charge in [-0.25, -0.2) is 9.13 Å². The van der Waals surface area contributed by atoms with Gasteiger partial charge in [0, 0.05) is 11.1 Å². The van der Waals surface area contributed by atoms with E-state index < -0.39 is 0 Å². The number of hydrogen-bond donors (Lipinski definition) is 0. The summed E-state index contributed by atoms with van der Waals surface area (Å²) in [4.78, 5) is 0. The Balaban J connectivity index is 0.00000147. The fraction of sp³-hybridized carbons (Fsp3) is 0.118. The molecule has 0 bridgehead atoms. The highest BCUT2D eigenvalue weighted by molar-refractivity contribution is 5.76. The molecule has 0 aliphatic rings. The second kappa shape index (κ2) is 6.22. The molecular formula is C17H17IN2. The molecule has 0 fully saturated rings. The van der Waals surface area contributed by atoms with E-state index in [1.165, 1.54) is 22.5 Å². The average Bonchev–Trinajstić information content (AvgIpc) is 2.75. The predicted octanol–water partition coefficient (Wildman–Crippen LogP) is 0.188. The van der Waals surface area contributed by atoms with Gasteiger partial charge in [-0.15, -0.1) is 0 Å². The molecule has 20 heavy (non-hydrogen) atoms. The van der Waals surface area contributed by atoms with Crippen molar-refractivity contribution in [3.05, 3.63) is 67.0 Å². The normalized spacial score (nSPS) is 10.1. The Labute approximate surface area is 136 Å². The Hall–Kier alpha value is -1.62. The number of aromatic nitrogens is 2. The molecule has 0 atom stereocenters. The summed E-state index contributed by atoms with van der Waals surface area (Å²) in [6.07, 6.45) is 2.12. The van der Waals surface area contributed by atoms with E-state index in [-0.39, 0.29) is 24.0 Å². The molecule has 3 heteroatoms. The molecule has 102 valence electrons. The van der Waals surface area contributed by atoms with Gasteiger partial charge in [-0.1, -0.05) is 60.7 Å². The van der Waals surface area contributed by atoms with Gasteiger partial charge >= 0.3 is 0 Å². The summed E-state index contributed by atoms with van der Waals surface area (Å²) in [5.74, 6) is 0. The summed E-state index contributed by atoms with van der Waals surface area (Å²) in [5.41, 5.74) is 4.97. The minimum absolute atomic E-state index is 0. The Bertz CT molecular complexity index is 628. The van der Waals surface area contributed by atoms with Gasteiger partial charge in [0.1, 0.15) is 0 Å². The van der Waals surface area contributed by atoms with Crippen LogP contribution in [0.15, 0.2) is 67.0 Å². The van der Waals surface area contributed by atoms with Crippen LogP contribution in [-0.4, -0.2) is 4.57 Å². The summed E-state index contributed by atoms with van der Waals surface area (Å²) in [6.45, 7) is 0. The molecule has 1 heterocycles. The Morgan fingerprint density at radius 3 is 1.85 bits per heavy atom. The molecule has 0 saturated carbocycles. The van der Waals surface area contributed by atoms with Crippen LogP contribution in [-0.2, 0) is 14.1 Å². The minimum Gasteiger partial charge on any atom is -1.00 e. The standard InChI is InChI=1S/C17H17N2.HI/c1-18-13-19(2)17(15-11-7-4-8-12-15)16(18)14-9-5-3-6-10-14;/h3-13H,1-2H3;1H/q+1;/p-1. The average molecular weight is 376 g/mol. The highest BCUT2D eigenvalue weighted by Gasteiger charge is 2.21. The third kappa shape index (κ3) is 2.63. The van der Waals surface area contributed by atoms with E-state index in [0.29, 0.717) is 0 Å². The van der Waals surface area contributed by atoms with E-state index in [1.807, 2.05) is 0 Å². The van der Waals surface area contributed by atoms with Crippen LogP contribution in [0.25, 0.3) is 22.5 Å². The van der Waals surface area contributed by atoms with Crippen LogP contribution in [0.5, 0.6) is 0 Å². The minimum atomic E-state index is 0. The Morgan fingerprint density at radius 2 is 1.30 bits per heavy atom. The maximum Gasteiger partial charge on any atom is 0.244 e. The van der Waals surface area contributed by atoms with Gasteiger partial charge in [-0.3, -0.25) is 0 Å². The molecule has 0 amide bonds. The number of nitrogens with zero attached hydrogens (tertiary/aromatic N) is 2. The van der Waals surface area contributed by atoms with Crippen LogP contribution >= 0.6 is 0 Å². The van der Waals surface area contributed by atoms with Gasteiger partial charge < -0.3 is 24.0 Å². The molecule has 0 aliphatic heterocycles. The van der Waals surface area contributed by atoms with Crippen molar-refractivity contribution in [3.63, 3.8) is 0 Å². The van der Waals surface area contributed by atoms with Gasteiger partial charge in [0.2, 0.25) is 6.33 Å². The van der Waals surface area contributed by atoms with Gasteiger partial charge in [0.25, 0.3) is 0 Å². The van der Waals surface area contributed by atoms with E-state index in [1.54, 1.807) is 0 Å². The zero-order valence-electron chi connectivity index (χ0n) is 11.6. The van der Waals surface area contributed by atoms with E-state index in [0.717, 1.165) is 0 Å². The van der Waals surface area contributed by atoms with Crippen molar-refractivity contribution >= 4 is 0 Å². The molecule has 0 unspecified atom stereocenters. The van der Waals surface area contributed by atoms with Crippen LogP contribution in [0.1, 0.15) is 0 Å². The highest BCUT2D eigenvalue weighted by atomic mass is 127. The van der Waals surface area contributed by atoms with Gasteiger partial charge in [-0.05, 0) is 0 Å². The predicted molar refractivity (Wildman–Crippen MR) is 77.5 cm³/mol. The smallest absolute Gasteiger partial charge is 0.244 e. The van der Waals surface area contributed by atoms with Crippen molar-refractivity contribution in [2.75, 3.05) is 0 Å². The lowest BCUT2D eigenvalue weighted by Gasteiger charge is -2.02. The van der Waals surface area contributed by atoms with Crippen molar-refractivity contribution in [1.82, 2.24) is 4.57 Å². The van der Waals surface area contributed by atoms with Gasteiger partial charge in [0.15, 0.2) is 11.4 Å². The van der Waals surface area contributed by atoms with Crippen molar-refractivity contribution in [2.45, 2.75) is 0 Å². The van der Waals surface area contributed by atoms with E-state index in [2.05, 4.69) is 90.2 Å². The third-order valence-corrected chi connectivity index (χ3v) is 3.37. The van der Waals surface area contributed by atoms with Crippen LogP contribution < -0.4 is 28.5 Å². The fourth-order valence-electron chi connectivity index (χ4n) is 2.58. The number of aryl methyl sites for hydroxylation is 2. The molecule has 0 spiro atoms. The Morgan fingerprint density at radius 1 is 0.800 bits per heavy atom.